The minimum atomic E-state index is -0.468. The number of hydrogen-bond donors (Lipinski definition) is 0. The third kappa shape index (κ3) is 3.41. The van der Waals surface area contributed by atoms with Crippen LogP contribution in [0.2, 0.25) is 0 Å². The van der Waals surface area contributed by atoms with Gasteiger partial charge in [-0.2, -0.15) is 4.98 Å². The van der Waals surface area contributed by atoms with E-state index in [9.17, 15) is 14.9 Å². The first-order chi connectivity index (χ1) is 12.5. The summed E-state index contributed by atoms with van der Waals surface area (Å²) >= 11 is 0. The van der Waals surface area contributed by atoms with Gasteiger partial charge in [0.2, 0.25) is 11.8 Å². The maximum absolute atomic E-state index is 12.8. The summed E-state index contributed by atoms with van der Waals surface area (Å²) in [5.74, 6) is 0.848. The molecule has 1 fully saturated rings. The van der Waals surface area contributed by atoms with Crippen LogP contribution in [-0.2, 0) is 0 Å². The minimum Gasteiger partial charge on any atom is -0.481 e. The molecule has 1 aliphatic heterocycles. The molecule has 3 rings (SSSR count). The van der Waals surface area contributed by atoms with Crippen LogP contribution < -0.4 is 9.64 Å². The van der Waals surface area contributed by atoms with Crippen molar-refractivity contribution in [1.82, 2.24) is 14.9 Å². The first-order valence-electron chi connectivity index (χ1n) is 8.16. The zero-order chi connectivity index (χ0) is 18.7. The molecule has 0 unspecified atom stereocenters. The van der Waals surface area contributed by atoms with Gasteiger partial charge in [0.1, 0.15) is 0 Å². The number of piperazine rings is 1. The van der Waals surface area contributed by atoms with Gasteiger partial charge in [-0.1, -0.05) is 6.07 Å². The maximum Gasteiger partial charge on any atom is 0.273 e. The molecule has 0 spiro atoms. The minimum absolute atomic E-state index is 0.0423. The Bertz CT molecular complexity index is 834. The lowest BCUT2D eigenvalue weighted by molar-refractivity contribution is -0.385. The summed E-state index contributed by atoms with van der Waals surface area (Å²) < 4.78 is 5.11. The number of benzene rings is 1. The average molecular weight is 357 g/mol. The highest BCUT2D eigenvalue weighted by Crippen LogP contribution is 2.23. The number of carbonyl (C=O) groups is 1. The molecule has 1 aromatic heterocycles. The largest absolute Gasteiger partial charge is 0.481 e. The number of nitro groups is 1. The second-order valence-electron chi connectivity index (χ2n) is 5.89. The second-order valence-corrected chi connectivity index (χ2v) is 5.89. The molecule has 9 heteroatoms. The van der Waals surface area contributed by atoms with Crippen LogP contribution in [0.25, 0.3) is 0 Å². The summed E-state index contributed by atoms with van der Waals surface area (Å²) in [6.45, 7) is 3.73. The van der Waals surface area contributed by atoms with E-state index in [4.69, 9.17) is 4.74 Å². The SMILES string of the molecule is COc1ccnc(N2CCN(C(=O)c3cccc([N+](=O)[O-])c3C)CC2)n1. The van der Waals surface area contributed by atoms with E-state index < -0.39 is 4.92 Å². The van der Waals surface area contributed by atoms with Crippen molar-refractivity contribution in [3.05, 3.63) is 51.7 Å². The predicted octanol–water partition coefficient (Wildman–Crippen LogP) is 1.66. The van der Waals surface area contributed by atoms with E-state index in [0.717, 1.165) is 0 Å². The van der Waals surface area contributed by atoms with Crippen LogP contribution in [-0.4, -0.2) is 59.0 Å². The molecule has 136 valence electrons. The quantitative estimate of drug-likeness (QED) is 0.606. The molecular weight excluding hydrogens is 338 g/mol. The molecule has 0 saturated carbocycles. The van der Waals surface area contributed by atoms with Gasteiger partial charge in [0.25, 0.3) is 11.6 Å². The normalized spacial score (nSPS) is 14.2. The molecule has 0 aliphatic carbocycles. The summed E-state index contributed by atoms with van der Waals surface area (Å²) in [6, 6.07) is 6.25. The topological polar surface area (TPSA) is 102 Å². The molecule has 0 radical (unpaired) electrons. The lowest BCUT2D eigenvalue weighted by Gasteiger charge is -2.35. The Labute approximate surface area is 150 Å². The number of amides is 1. The van der Waals surface area contributed by atoms with Crippen LogP contribution in [0.5, 0.6) is 5.88 Å². The third-order valence-corrected chi connectivity index (χ3v) is 4.41. The van der Waals surface area contributed by atoms with Gasteiger partial charge in [-0.15, -0.1) is 0 Å². The number of hydrogen-bond acceptors (Lipinski definition) is 7. The third-order valence-electron chi connectivity index (χ3n) is 4.41. The standard InChI is InChI=1S/C17H19N5O4/c1-12-13(4-3-5-14(12)22(24)25)16(23)20-8-10-21(11-9-20)17-18-7-6-15(19-17)26-2/h3-7H,8-11H2,1-2H3. The number of rotatable bonds is 4. The van der Waals surface area contributed by atoms with Crippen molar-refractivity contribution < 1.29 is 14.5 Å². The van der Waals surface area contributed by atoms with Gasteiger partial charge in [-0.05, 0) is 13.0 Å². The van der Waals surface area contributed by atoms with Crippen molar-refractivity contribution >= 4 is 17.5 Å². The molecule has 1 amide bonds. The van der Waals surface area contributed by atoms with Crippen molar-refractivity contribution in [3.63, 3.8) is 0 Å². The summed E-state index contributed by atoms with van der Waals surface area (Å²) in [5, 5.41) is 11.1. The maximum atomic E-state index is 12.8. The van der Waals surface area contributed by atoms with Crippen molar-refractivity contribution in [1.29, 1.82) is 0 Å². The Morgan fingerprint density at radius 2 is 1.96 bits per heavy atom. The van der Waals surface area contributed by atoms with Gasteiger partial charge in [0, 0.05) is 55.6 Å². The van der Waals surface area contributed by atoms with Gasteiger partial charge in [0.15, 0.2) is 0 Å². The van der Waals surface area contributed by atoms with Crippen LogP contribution in [0.3, 0.4) is 0 Å². The Morgan fingerprint density at radius 3 is 2.62 bits per heavy atom. The van der Waals surface area contributed by atoms with Gasteiger partial charge < -0.3 is 14.5 Å². The summed E-state index contributed by atoms with van der Waals surface area (Å²) in [5.41, 5.74) is 0.714. The van der Waals surface area contributed by atoms with Gasteiger partial charge in [-0.3, -0.25) is 14.9 Å². The van der Waals surface area contributed by atoms with Gasteiger partial charge in [0.05, 0.1) is 12.0 Å². The first kappa shape index (κ1) is 17.6. The molecule has 2 heterocycles. The summed E-state index contributed by atoms with van der Waals surface area (Å²) in [4.78, 5) is 35.6. The van der Waals surface area contributed by atoms with E-state index in [1.54, 1.807) is 43.3 Å². The number of carbonyl (C=O) groups excluding carboxylic acids is 1. The van der Waals surface area contributed by atoms with Crippen LogP contribution in [0.1, 0.15) is 15.9 Å². The van der Waals surface area contributed by atoms with Crippen LogP contribution >= 0.6 is 0 Å². The monoisotopic (exact) mass is 357 g/mol. The highest BCUT2D eigenvalue weighted by molar-refractivity contribution is 5.96. The molecule has 0 N–H and O–H groups in total. The van der Waals surface area contributed by atoms with E-state index >= 15 is 0 Å². The number of aromatic nitrogens is 2. The second kappa shape index (κ2) is 7.34. The lowest BCUT2D eigenvalue weighted by Crippen LogP contribution is -2.49. The Morgan fingerprint density at radius 1 is 1.23 bits per heavy atom. The number of nitro benzene ring substituents is 1. The molecule has 2 aromatic rings. The van der Waals surface area contributed by atoms with Gasteiger partial charge >= 0.3 is 0 Å². The van der Waals surface area contributed by atoms with Crippen molar-refractivity contribution in [3.8, 4) is 5.88 Å². The van der Waals surface area contributed by atoms with Crippen molar-refractivity contribution in [2.45, 2.75) is 6.92 Å². The first-order valence-corrected chi connectivity index (χ1v) is 8.16. The zero-order valence-electron chi connectivity index (χ0n) is 14.6. The van der Waals surface area contributed by atoms with E-state index in [0.29, 0.717) is 49.1 Å². The molecule has 1 saturated heterocycles. The van der Waals surface area contributed by atoms with Gasteiger partial charge in [-0.25, -0.2) is 4.98 Å². The molecule has 1 aliphatic rings. The fourth-order valence-corrected chi connectivity index (χ4v) is 2.93. The van der Waals surface area contributed by atoms with Crippen LogP contribution in [0, 0.1) is 17.0 Å². The molecule has 26 heavy (non-hydrogen) atoms. The smallest absolute Gasteiger partial charge is 0.273 e. The van der Waals surface area contributed by atoms with Crippen LogP contribution in [0.15, 0.2) is 30.5 Å². The number of methoxy groups -OCH3 is 1. The zero-order valence-corrected chi connectivity index (χ0v) is 14.6. The Balaban J connectivity index is 1.71. The molecule has 0 atom stereocenters. The van der Waals surface area contributed by atoms with Crippen molar-refractivity contribution in [2.75, 3.05) is 38.2 Å². The number of ether oxygens (including phenoxy) is 1. The lowest BCUT2D eigenvalue weighted by atomic mass is 10.1. The molecular formula is C17H19N5O4. The highest BCUT2D eigenvalue weighted by Gasteiger charge is 2.26. The fourth-order valence-electron chi connectivity index (χ4n) is 2.93. The van der Waals surface area contributed by atoms with E-state index in [1.165, 1.54) is 6.07 Å². The highest BCUT2D eigenvalue weighted by atomic mass is 16.6. The van der Waals surface area contributed by atoms with E-state index in [1.807, 2.05) is 4.90 Å². The summed E-state index contributed by atoms with van der Waals surface area (Å²) in [6.07, 6.45) is 1.63. The van der Waals surface area contributed by atoms with E-state index in [-0.39, 0.29) is 11.6 Å². The van der Waals surface area contributed by atoms with E-state index in [2.05, 4.69) is 9.97 Å². The Hall–Kier alpha value is -3.23. The van der Waals surface area contributed by atoms with Crippen LogP contribution in [0.4, 0.5) is 11.6 Å². The number of nitrogens with zero attached hydrogens (tertiary/aromatic N) is 5. The average Bonchev–Trinajstić information content (AvgIpc) is 2.67. The fraction of sp³-hybridized carbons (Fsp3) is 0.353. The molecule has 0 bridgehead atoms. The predicted molar refractivity (Wildman–Crippen MR) is 94.5 cm³/mol. The van der Waals surface area contributed by atoms with Crippen molar-refractivity contribution in [2.24, 2.45) is 0 Å². The Kier molecular flexibility index (Phi) is 4.97. The summed E-state index contributed by atoms with van der Waals surface area (Å²) in [7, 11) is 1.55. The molecule has 1 aromatic carbocycles. The molecule has 9 nitrogen and oxygen atoms in total. The number of anilines is 1.